The van der Waals surface area contributed by atoms with Crippen molar-refractivity contribution in [3.05, 3.63) is 42.2 Å². The van der Waals surface area contributed by atoms with Crippen LogP contribution in [0.25, 0.3) is 33.3 Å². The highest BCUT2D eigenvalue weighted by Crippen LogP contribution is 2.43. The number of aromatic nitrogens is 4. The quantitative estimate of drug-likeness (QED) is 0.403. The number of carbonyl (C=O) groups is 1. The zero-order valence-electron chi connectivity index (χ0n) is 18.0. The Morgan fingerprint density at radius 2 is 2.03 bits per heavy atom. The van der Waals surface area contributed by atoms with Crippen LogP contribution in [0.2, 0.25) is 12.6 Å². The van der Waals surface area contributed by atoms with Gasteiger partial charge in [-0.05, 0) is 18.1 Å². The Bertz CT molecular complexity index is 1410. The van der Waals surface area contributed by atoms with E-state index >= 15 is 0 Å². The number of hydrogen-bond donors (Lipinski definition) is 3. The largest absolute Gasteiger partial charge is 0.481 e. The first-order chi connectivity index (χ1) is 15.9. The minimum atomic E-state index is -0.775. The molecule has 168 valence electrons. The second-order valence-electron chi connectivity index (χ2n) is 9.28. The summed E-state index contributed by atoms with van der Waals surface area (Å²) in [5, 5.41) is 14.6. The van der Waals surface area contributed by atoms with Gasteiger partial charge in [-0.1, -0.05) is 25.5 Å². The maximum absolute atomic E-state index is 14.3. The zero-order chi connectivity index (χ0) is 22.9. The van der Waals surface area contributed by atoms with Crippen molar-refractivity contribution >= 4 is 40.4 Å². The number of H-pyrrole nitrogens is 1. The summed E-state index contributed by atoms with van der Waals surface area (Å²) < 4.78 is 30.1. The monoisotopic (exact) mass is 449 g/mol. The standard InChI is InChI=1S/C23H22BF2N5O2/c1-31-7-4-13-20(28-19-17(23(32)33)11-2-5-24(19)6-3-11)29-21(30-22(13)31)15-10-27-18-14(15)8-12(25)9-16(18)26/h4,7-11,17,19,27H,2-3,5-6H2,1H3,(H,32,33)(H,28,29,30). The first-order valence-electron chi connectivity index (χ1n) is 11.2. The highest BCUT2D eigenvalue weighted by molar-refractivity contribution is 6.62. The molecule has 0 amide bonds. The van der Waals surface area contributed by atoms with Crippen LogP contribution in [0.15, 0.2) is 30.6 Å². The molecule has 2 unspecified atom stereocenters. The second-order valence-corrected chi connectivity index (χ2v) is 9.28. The van der Waals surface area contributed by atoms with E-state index in [4.69, 9.17) is 4.98 Å². The Balaban J connectivity index is 1.49. The van der Waals surface area contributed by atoms with E-state index in [2.05, 4.69) is 15.3 Å². The molecule has 0 aliphatic carbocycles. The van der Waals surface area contributed by atoms with Crippen LogP contribution in [0, 0.1) is 23.5 Å². The number of carboxylic acid groups (broad SMARTS) is 1. The average molecular weight is 449 g/mol. The summed E-state index contributed by atoms with van der Waals surface area (Å²) in [7, 11) is 1.86. The Labute approximate surface area is 188 Å². The van der Waals surface area contributed by atoms with E-state index in [1.165, 1.54) is 6.07 Å². The summed E-state index contributed by atoms with van der Waals surface area (Å²) in [6.45, 7) is 0.268. The Hall–Kier alpha value is -3.43. The van der Waals surface area contributed by atoms with Gasteiger partial charge in [-0.3, -0.25) is 4.79 Å². The molecule has 3 saturated heterocycles. The summed E-state index contributed by atoms with van der Waals surface area (Å²) >= 11 is 0. The molecule has 7 rings (SSSR count). The van der Waals surface area contributed by atoms with Gasteiger partial charge in [0.2, 0.25) is 0 Å². The number of nitrogens with zero attached hydrogens (tertiary/aromatic N) is 3. The Morgan fingerprint density at radius 3 is 2.79 bits per heavy atom. The third-order valence-electron chi connectivity index (χ3n) is 7.48. The van der Waals surface area contributed by atoms with Gasteiger partial charge in [0.25, 0.3) is 0 Å². The smallest absolute Gasteiger partial charge is 0.308 e. The van der Waals surface area contributed by atoms with E-state index in [0.717, 1.165) is 36.9 Å². The predicted octanol–water partition coefficient (Wildman–Crippen LogP) is 4.33. The lowest BCUT2D eigenvalue weighted by molar-refractivity contribution is -0.144. The molecule has 0 spiro atoms. The summed E-state index contributed by atoms with van der Waals surface area (Å²) in [4.78, 5) is 24.4. The lowest BCUT2D eigenvalue weighted by Gasteiger charge is -2.45. The van der Waals surface area contributed by atoms with Crippen LogP contribution in [-0.2, 0) is 11.8 Å². The van der Waals surface area contributed by atoms with Crippen molar-refractivity contribution < 1.29 is 18.7 Å². The number of hydrogen-bond acceptors (Lipinski definition) is 4. The van der Waals surface area contributed by atoms with Gasteiger partial charge in [0, 0.05) is 42.4 Å². The van der Waals surface area contributed by atoms with Gasteiger partial charge in [0.05, 0.1) is 16.8 Å². The van der Waals surface area contributed by atoms with Crippen LogP contribution in [0.1, 0.15) is 12.8 Å². The van der Waals surface area contributed by atoms with Crippen LogP contribution >= 0.6 is 0 Å². The minimum absolute atomic E-state index is 0.164. The fourth-order valence-electron chi connectivity index (χ4n) is 5.88. The third kappa shape index (κ3) is 3.11. The van der Waals surface area contributed by atoms with Gasteiger partial charge in [0.1, 0.15) is 23.1 Å². The van der Waals surface area contributed by atoms with Gasteiger partial charge >= 0.3 is 5.97 Å². The lowest BCUT2D eigenvalue weighted by Crippen LogP contribution is -2.56. The second kappa shape index (κ2) is 7.30. The molecule has 1 aromatic carbocycles. The number of halogens is 2. The molecule has 2 bridgehead atoms. The SMILES string of the molecule is Cn1ccc2c(NC3B4CCC(CC4)C3C(=O)O)nc(-c3c[nH]c4c(F)cc(F)cc34)nc21. The van der Waals surface area contributed by atoms with Crippen LogP contribution in [0.3, 0.4) is 0 Å². The fraction of sp³-hybridized carbons (Fsp3) is 0.348. The number of carboxylic acids is 1. The average Bonchev–Trinajstić information content (AvgIpc) is 3.38. The number of aryl methyl sites for hydroxylation is 1. The first kappa shape index (κ1) is 20.2. The van der Waals surface area contributed by atoms with Crippen LogP contribution in [-0.4, -0.2) is 43.2 Å². The third-order valence-corrected chi connectivity index (χ3v) is 7.48. The lowest BCUT2D eigenvalue weighted by atomic mass is 9.28. The van der Waals surface area contributed by atoms with Crippen molar-refractivity contribution in [1.82, 2.24) is 19.5 Å². The molecule has 3 aromatic heterocycles. The number of nitrogens with one attached hydrogen (secondary N) is 2. The molecule has 4 aromatic rings. The maximum atomic E-state index is 14.3. The molecule has 0 saturated carbocycles. The van der Waals surface area contributed by atoms with E-state index in [1.807, 2.05) is 23.9 Å². The van der Waals surface area contributed by atoms with Gasteiger partial charge in [-0.2, -0.15) is 0 Å². The molecule has 3 aliphatic heterocycles. The van der Waals surface area contributed by atoms with E-state index in [0.29, 0.717) is 28.2 Å². The number of aromatic amines is 1. The Kier molecular flexibility index (Phi) is 4.47. The van der Waals surface area contributed by atoms with Gasteiger partial charge in [-0.25, -0.2) is 18.7 Å². The molecule has 33 heavy (non-hydrogen) atoms. The number of rotatable bonds is 4. The number of anilines is 1. The molecule has 7 nitrogen and oxygen atoms in total. The summed E-state index contributed by atoms with van der Waals surface area (Å²) in [5.41, 5.74) is 1.32. The minimum Gasteiger partial charge on any atom is -0.481 e. The fourth-order valence-corrected chi connectivity index (χ4v) is 5.88. The normalized spacial score (nSPS) is 22.4. The van der Waals surface area contributed by atoms with E-state index < -0.39 is 23.5 Å². The van der Waals surface area contributed by atoms with Gasteiger partial charge < -0.3 is 20.0 Å². The topological polar surface area (TPSA) is 95.8 Å². The number of aliphatic carboxylic acids is 1. The van der Waals surface area contributed by atoms with Crippen molar-refractivity contribution in [3.63, 3.8) is 0 Å². The van der Waals surface area contributed by atoms with Crippen molar-refractivity contribution in [1.29, 1.82) is 0 Å². The van der Waals surface area contributed by atoms with Crippen molar-refractivity contribution in [2.45, 2.75) is 31.4 Å². The first-order valence-corrected chi connectivity index (χ1v) is 11.2. The van der Waals surface area contributed by atoms with Crippen molar-refractivity contribution in [3.8, 4) is 11.4 Å². The molecule has 3 aliphatic rings. The predicted molar refractivity (Wildman–Crippen MR) is 122 cm³/mol. The molecule has 6 heterocycles. The highest BCUT2D eigenvalue weighted by Gasteiger charge is 2.49. The van der Waals surface area contributed by atoms with Crippen LogP contribution < -0.4 is 5.32 Å². The number of fused-ring (bicyclic) bond motifs is 5. The van der Waals surface area contributed by atoms with Gasteiger partial charge in [-0.15, -0.1) is 0 Å². The highest BCUT2D eigenvalue weighted by atomic mass is 19.1. The Morgan fingerprint density at radius 1 is 1.24 bits per heavy atom. The molecule has 3 fully saturated rings. The summed E-state index contributed by atoms with van der Waals surface area (Å²) in [6, 6.07) is 3.99. The zero-order valence-corrected chi connectivity index (χ0v) is 18.0. The molecule has 2 atom stereocenters. The van der Waals surface area contributed by atoms with E-state index in [-0.39, 0.29) is 24.1 Å². The molecular weight excluding hydrogens is 427 g/mol. The van der Waals surface area contributed by atoms with Crippen molar-refractivity contribution in [2.24, 2.45) is 18.9 Å². The van der Waals surface area contributed by atoms with E-state index in [1.54, 1.807) is 6.20 Å². The molecule has 3 N–H and O–H groups in total. The molecular formula is C23H22BF2N5O2. The van der Waals surface area contributed by atoms with Crippen LogP contribution in [0.4, 0.5) is 14.6 Å². The summed E-state index contributed by atoms with van der Waals surface area (Å²) in [6.07, 6.45) is 7.34. The van der Waals surface area contributed by atoms with Crippen molar-refractivity contribution in [2.75, 3.05) is 5.32 Å². The van der Waals surface area contributed by atoms with Gasteiger partial charge in [0.15, 0.2) is 12.5 Å². The molecule has 0 radical (unpaired) electrons. The molecule has 10 heteroatoms. The van der Waals surface area contributed by atoms with E-state index in [9.17, 15) is 18.7 Å². The maximum Gasteiger partial charge on any atom is 0.308 e. The number of benzene rings is 1. The van der Waals surface area contributed by atoms with Crippen LogP contribution in [0.5, 0.6) is 0 Å². The summed E-state index contributed by atoms with van der Waals surface area (Å²) in [5.74, 6) is -1.80.